The van der Waals surface area contributed by atoms with Crippen LogP contribution < -0.4 is 0 Å². The fraction of sp³-hybridized carbons (Fsp3) is 0.769. The molecular formula is C13H23NO. The Morgan fingerprint density at radius 1 is 1.27 bits per heavy atom. The Bertz CT molecular complexity index is 321. The molecule has 2 nitrogen and oxygen atoms in total. The summed E-state index contributed by atoms with van der Waals surface area (Å²) in [7, 11) is 1.60. The van der Waals surface area contributed by atoms with Gasteiger partial charge < -0.3 is 4.84 Å². The topological polar surface area (TPSA) is 21.6 Å². The summed E-state index contributed by atoms with van der Waals surface area (Å²) >= 11 is 0. The van der Waals surface area contributed by atoms with Gasteiger partial charge in [0.25, 0.3) is 0 Å². The lowest BCUT2D eigenvalue weighted by Gasteiger charge is -2.37. The summed E-state index contributed by atoms with van der Waals surface area (Å²) in [6.45, 7) is 13.5. The molecule has 0 heterocycles. The summed E-state index contributed by atoms with van der Waals surface area (Å²) < 4.78 is 0. The number of hydrogen-bond donors (Lipinski definition) is 0. The van der Waals surface area contributed by atoms with Crippen molar-refractivity contribution in [2.45, 2.75) is 48.0 Å². The largest absolute Gasteiger partial charge is 0.399 e. The molecule has 0 radical (unpaired) electrons. The number of hydrogen-bond acceptors (Lipinski definition) is 2. The Morgan fingerprint density at radius 3 is 2.13 bits per heavy atom. The van der Waals surface area contributed by atoms with Crippen LogP contribution in [0.2, 0.25) is 0 Å². The van der Waals surface area contributed by atoms with Gasteiger partial charge in [0, 0.05) is 0 Å². The Labute approximate surface area is 93.4 Å². The zero-order valence-corrected chi connectivity index (χ0v) is 11.1. The first-order valence-corrected chi connectivity index (χ1v) is 5.52. The van der Waals surface area contributed by atoms with Crippen molar-refractivity contribution >= 4 is 5.71 Å². The van der Waals surface area contributed by atoms with Crippen molar-refractivity contribution in [1.82, 2.24) is 0 Å². The van der Waals surface area contributed by atoms with Crippen LogP contribution in [0.5, 0.6) is 0 Å². The van der Waals surface area contributed by atoms with E-state index in [0.717, 1.165) is 12.1 Å². The molecule has 0 aromatic carbocycles. The van der Waals surface area contributed by atoms with Gasteiger partial charge in [-0.05, 0) is 36.7 Å². The molecule has 0 N–H and O–H groups in total. The highest BCUT2D eigenvalue weighted by atomic mass is 16.6. The van der Waals surface area contributed by atoms with Crippen molar-refractivity contribution in [3.8, 4) is 0 Å². The maximum Gasteiger partial charge on any atom is 0.106 e. The molecular weight excluding hydrogens is 186 g/mol. The monoisotopic (exact) mass is 209 g/mol. The molecule has 0 spiro atoms. The van der Waals surface area contributed by atoms with Crippen LogP contribution in [0.3, 0.4) is 0 Å². The molecule has 2 heteroatoms. The van der Waals surface area contributed by atoms with E-state index in [1.54, 1.807) is 7.11 Å². The van der Waals surface area contributed by atoms with Gasteiger partial charge in [-0.15, -0.1) is 0 Å². The number of nitrogens with zero attached hydrogens (tertiary/aromatic N) is 1. The van der Waals surface area contributed by atoms with Gasteiger partial charge in [0.05, 0.1) is 5.71 Å². The molecule has 0 amide bonds. The lowest BCUT2D eigenvalue weighted by Crippen LogP contribution is -2.31. The van der Waals surface area contributed by atoms with E-state index in [-0.39, 0.29) is 5.41 Å². The van der Waals surface area contributed by atoms with Crippen molar-refractivity contribution in [2.24, 2.45) is 16.0 Å². The van der Waals surface area contributed by atoms with E-state index in [1.165, 1.54) is 11.1 Å². The maximum atomic E-state index is 4.88. The van der Waals surface area contributed by atoms with E-state index >= 15 is 0 Å². The van der Waals surface area contributed by atoms with E-state index in [1.807, 2.05) is 6.92 Å². The van der Waals surface area contributed by atoms with E-state index in [0.29, 0.717) is 5.41 Å². The van der Waals surface area contributed by atoms with E-state index in [9.17, 15) is 0 Å². The zero-order chi connectivity index (χ0) is 11.9. The summed E-state index contributed by atoms with van der Waals surface area (Å²) in [5.74, 6) is 0. The number of rotatable bonds is 2. The molecule has 1 aliphatic carbocycles. The van der Waals surface area contributed by atoms with Crippen LogP contribution >= 0.6 is 0 Å². The summed E-state index contributed by atoms with van der Waals surface area (Å²) in [4.78, 5) is 4.88. The minimum atomic E-state index is 0.170. The van der Waals surface area contributed by atoms with Crippen LogP contribution in [-0.2, 0) is 4.84 Å². The van der Waals surface area contributed by atoms with E-state index in [2.05, 4.69) is 39.8 Å². The minimum absolute atomic E-state index is 0.170. The first kappa shape index (κ1) is 12.3. The van der Waals surface area contributed by atoms with Crippen LogP contribution in [0.15, 0.2) is 16.3 Å². The molecule has 1 rings (SSSR count). The Balaban J connectivity index is 3.19. The summed E-state index contributed by atoms with van der Waals surface area (Å²) in [6, 6.07) is 0. The van der Waals surface area contributed by atoms with Gasteiger partial charge in [0.2, 0.25) is 0 Å². The predicted molar refractivity (Wildman–Crippen MR) is 65.0 cm³/mol. The van der Waals surface area contributed by atoms with Gasteiger partial charge in [-0.3, -0.25) is 0 Å². The lowest BCUT2D eigenvalue weighted by atomic mass is 9.67. The van der Waals surface area contributed by atoms with Crippen LogP contribution in [0, 0.1) is 10.8 Å². The zero-order valence-electron chi connectivity index (χ0n) is 11.1. The fourth-order valence-corrected chi connectivity index (χ4v) is 2.79. The Hall–Kier alpha value is -0.790. The average molecular weight is 209 g/mol. The van der Waals surface area contributed by atoms with Crippen molar-refractivity contribution in [3.05, 3.63) is 11.1 Å². The Kier molecular flexibility index (Phi) is 2.99. The first-order chi connectivity index (χ1) is 6.74. The SMILES string of the molecule is CON=C(C)C1=C(C)CC(C)(C)C1(C)C. The molecule has 0 atom stereocenters. The summed E-state index contributed by atoms with van der Waals surface area (Å²) in [5, 5.41) is 4.08. The molecule has 0 aliphatic heterocycles. The fourth-order valence-electron chi connectivity index (χ4n) is 2.79. The molecule has 1 aliphatic rings. The molecule has 0 fully saturated rings. The van der Waals surface area contributed by atoms with Gasteiger partial charge in [-0.25, -0.2) is 0 Å². The summed E-state index contributed by atoms with van der Waals surface area (Å²) in [5.41, 5.74) is 4.31. The van der Waals surface area contributed by atoms with Gasteiger partial charge in [-0.1, -0.05) is 38.4 Å². The molecule has 0 saturated heterocycles. The van der Waals surface area contributed by atoms with Crippen LogP contribution in [-0.4, -0.2) is 12.8 Å². The molecule has 15 heavy (non-hydrogen) atoms. The molecule has 0 bridgehead atoms. The van der Waals surface area contributed by atoms with Crippen LogP contribution in [0.4, 0.5) is 0 Å². The number of allylic oxidation sites excluding steroid dienone is 2. The second-order valence-electron chi connectivity index (χ2n) is 5.70. The third-order valence-corrected chi connectivity index (χ3v) is 4.04. The molecule has 0 aromatic rings. The van der Waals surface area contributed by atoms with Crippen molar-refractivity contribution in [2.75, 3.05) is 7.11 Å². The smallest absolute Gasteiger partial charge is 0.106 e. The highest BCUT2D eigenvalue weighted by Crippen LogP contribution is 2.55. The van der Waals surface area contributed by atoms with Gasteiger partial charge in [0.1, 0.15) is 7.11 Å². The molecule has 0 unspecified atom stereocenters. The van der Waals surface area contributed by atoms with Crippen molar-refractivity contribution < 1.29 is 4.84 Å². The standard InChI is InChI=1S/C13H23NO/c1-9-8-12(3,4)13(5,6)11(9)10(2)14-15-7/h8H2,1-7H3. The van der Waals surface area contributed by atoms with Gasteiger partial charge in [0.15, 0.2) is 0 Å². The third kappa shape index (κ3) is 1.82. The number of oxime groups is 1. The lowest BCUT2D eigenvalue weighted by molar-refractivity contribution is 0.180. The minimum Gasteiger partial charge on any atom is -0.399 e. The second-order valence-corrected chi connectivity index (χ2v) is 5.70. The molecule has 0 saturated carbocycles. The maximum absolute atomic E-state index is 4.88. The second kappa shape index (κ2) is 3.66. The predicted octanol–water partition coefficient (Wildman–Crippen LogP) is 3.78. The molecule has 0 aromatic heterocycles. The quantitative estimate of drug-likeness (QED) is 0.501. The summed E-state index contributed by atoms with van der Waals surface area (Å²) in [6.07, 6.45) is 1.14. The highest BCUT2D eigenvalue weighted by Gasteiger charge is 2.46. The van der Waals surface area contributed by atoms with Crippen molar-refractivity contribution in [1.29, 1.82) is 0 Å². The molecule has 86 valence electrons. The van der Waals surface area contributed by atoms with E-state index < -0.39 is 0 Å². The van der Waals surface area contributed by atoms with E-state index in [4.69, 9.17) is 4.84 Å². The van der Waals surface area contributed by atoms with Gasteiger partial charge >= 0.3 is 0 Å². The van der Waals surface area contributed by atoms with Gasteiger partial charge in [-0.2, -0.15) is 0 Å². The van der Waals surface area contributed by atoms with Crippen molar-refractivity contribution in [3.63, 3.8) is 0 Å². The first-order valence-electron chi connectivity index (χ1n) is 5.52. The normalized spacial score (nSPS) is 24.6. The Morgan fingerprint density at radius 2 is 1.80 bits per heavy atom. The highest BCUT2D eigenvalue weighted by molar-refractivity contribution is 6.00. The van der Waals surface area contributed by atoms with Crippen LogP contribution in [0.25, 0.3) is 0 Å². The third-order valence-electron chi connectivity index (χ3n) is 4.04. The average Bonchev–Trinajstić information content (AvgIpc) is 2.16. The van der Waals surface area contributed by atoms with Crippen LogP contribution in [0.1, 0.15) is 48.0 Å².